The summed E-state index contributed by atoms with van der Waals surface area (Å²) in [7, 11) is 3.43. The summed E-state index contributed by atoms with van der Waals surface area (Å²) in [5.41, 5.74) is 4.73. The van der Waals surface area contributed by atoms with E-state index in [1.165, 1.54) is 19.3 Å². The van der Waals surface area contributed by atoms with Crippen molar-refractivity contribution >= 4 is 29.7 Å². The number of anilines is 1. The molecule has 0 spiro atoms. The topological polar surface area (TPSA) is 99.9 Å². The molecule has 6 rings (SSSR count). The van der Waals surface area contributed by atoms with E-state index in [2.05, 4.69) is 15.2 Å². The molecule has 3 aromatic carbocycles. The summed E-state index contributed by atoms with van der Waals surface area (Å²) >= 11 is 0. The number of amides is 1. The molecule has 9 nitrogen and oxygen atoms in total. The van der Waals surface area contributed by atoms with E-state index >= 15 is 0 Å². The molecule has 1 saturated heterocycles. The van der Waals surface area contributed by atoms with Gasteiger partial charge in [0.1, 0.15) is 17.3 Å². The molecule has 3 heterocycles. The van der Waals surface area contributed by atoms with E-state index in [0.717, 1.165) is 52.8 Å². The zero-order valence-electron chi connectivity index (χ0n) is 28.5. The smallest absolute Gasteiger partial charge is 0.417 e. The van der Waals surface area contributed by atoms with Crippen LogP contribution in [0.2, 0.25) is 0 Å². The Morgan fingerprint density at radius 1 is 1.02 bits per heavy atom. The first-order valence-electron chi connectivity index (χ1n) is 16.5. The van der Waals surface area contributed by atoms with Crippen LogP contribution in [-0.4, -0.2) is 70.1 Å². The minimum Gasteiger partial charge on any atom is -0.496 e. The van der Waals surface area contributed by atoms with Gasteiger partial charge in [-0.2, -0.15) is 13.2 Å². The summed E-state index contributed by atoms with van der Waals surface area (Å²) in [5.74, 6) is -0.579. The van der Waals surface area contributed by atoms with Crippen molar-refractivity contribution in [3.63, 3.8) is 0 Å². The minimum absolute atomic E-state index is 0.0405. The van der Waals surface area contributed by atoms with Gasteiger partial charge in [-0.05, 0) is 85.4 Å². The molecule has 2 aliphatic heterocycles. The number of hydrogen-bond acceptors (Lipinski definition) is 6. The number of aliphatic carboxylic acids is 1. The average Bonchev–Trinajstić information content (AvgIpc) is 3.72. The van der Waals surface area contributed by atoms with Gasteiger partial charge in [-0.15, -0.1) is 0 Å². The van der Waals surface area contributed by atoms with Crippen molar-refractivity contribution in [2.75, 3.05) is 39.1 Å². The number of methoxy groups -OCH3 is 1. The number of nitrogens with zero attached hydrogens (tertiary/aromatic N) is 4. The third kappa shape index (κ3) is 7.31. The first-order chi connectivity index (χ1) is 23.8. The largest absolute Gasteiger partial charge is 0.496 e. The highest BCUT2D eigenvalue weighted by atomic mass is 19.4. The molecule has 12 heteroatoms. The first kappa shape index (κ1) is 34.9. The number of rotatable bonds is 9. The van der Waals surface area contributed by atoms with Crippen molar-refractivity contribution in [1.29, 1.82) is 0 Å². The van der Waals surface area contributed by atoms with Crippen molar-refractivity contribution in [3.8, 4) is 16.9 Å². The lowest BCUT2D eigenvalue weighted by molar-refractivity contribution is -0.141. The number of carbonyl (C=O) groups is 2. The molecular weight excluding hydrogens is 647 g/mol. The maximum absolute atomic E-state index is 14.4. The number of carboxylic acid groups (broad SMARTS) is 1. The Morgan fingerprint density at radius 3 is 2.44 bits per heavy atom. The number of imidazole rings is 1. The molecule has 0 radical (unpaired) electrons. The molecule has 50 heavy (non-hydrogen) atoms. The lowest BCUT2D eigenvalue weighted by atomic mass is 9.92. The first-order valence-corrected chi connectivity index (χ1v) is 16.5. The number of carboxylic acids is 1. The zero-order chi connectivity index (χ0) is 35.7. The van der Waals surface area contributed by atoms with Crippen LogP contribution in [-0.2, 0) is 30.6 Å². The Bertz CT molecular complexity index is 1970. The molecule has 4 aromatic rings. The SMILES string of the molecule is COc1cc(/C=C/c2cccc(-c3cccc(NC(=O)c4cn5c(n4)CN(C)CC5)c3C)c2C)c(C(F)(F)F)cc1CN1CCC(C(=O)O)C1. The van der Waals surface area contributed by atoms with E-state index in [1.807, 2.05) is 66.8 Å². The number of halogens is 3. The number of nitrogens with one attached hydrogen (secondary N) is 1. The third-order valence-electron chi connectivity index (χ3n) is 9.69. The van der Waals surface area contributed by atoms with E-state index in [4.69, 9.17) is 4.74 Å². The van der Waals surface area contributed by atoms with E-state index in [1.54, 1.807) is 12.3 Å². The van der Waals surface area contributed by atoms with Crippen LogP contribution in [0, 0.1) is 19.8 Å². The van der Waals surface area contributed by atoms with Crippen LogP contribution in [0.4, 0.5) is 18.9 Å². The molecule has 0 bridgehead atoms. The molecule has 1 aromatic heterocycles. The van der Waals surface area contributed by atoms with E-state index in [0.29, 0.717) is 42.2 Å². The lowest BCUT2D eigenvalue weighted by Crippen LogP contribution is -2.30. The normalized spacial score (nSPS) is 16.9. The van der Waals surface area contributed by atoms with Gasteiger partial charge < -0.3 is 19.7 Å². The predicted octanol–water partition coefficient (Wildman–Crippen LogP) is 6.97. The highest BCUT2D eigenvalue weighted by Gasteiger charge is 2.35. The Hall–Kier alpha value is -4.94. The van der Waals surface area contributed by atoms with Crippen LogP contribution in [0.25, 0.3) is 23.3 Å². The van der Waals surface area contributed by atoms with Gasteiger partial charge in [0.05, 0.1) is 25.1 Å². The minimum atomic E-state index is -4.62. The van der Waals surface area contributed by atoms with E-state index < -0.39 is 23.6 Å². The second-order valence-corrected chi connectivity index (χ2v) is 13.1. The summed E-state index contributed by atoms with van der Waals surface area (Å²) in [6, 6.07) is 13.8. The molecule has 1 unspecified atom stereocenters. The van der Waals surface area contributed by atoms with Gasteiger partial charge in [0.15, 0.2) is 0 Å². The number of likely N-dealkylation sites (N-methyl/N-ethyl adjacent to an activating group) is 1. The van der Waals surface area contributed by atoms with E-state index in [-0.39, 0.29) is 24.6 Å². The Kier molecular flexibility index (Phi) is 9.86. The summed E-state index contributed by atoms with van der Waals surface area (Å²) < 4.78 is 50.7. The summed E-state index contributed by atoms with van der Waals surface area (Å²) in [6.07, 6.45) is 0.726. The van der Waals surface area contributed by atoms with Crippen LogP contribution < -0.4 is 10.1 Å². The maximum atomic E-state index is 14.4. The van der Waals surface area contributed by atoms with Gasteiger partial charge in [-0.3, -0.25) is 19.4 Å². The molecule has 0 saturated carbocycles. The highest BCUT2D eigenvalue weighted by molar-refractivity contribution is 6.03. The fourth-order valence-electron chi connectivity index (χ4n) is 6.79. The van der Waals surface area contributed by atoms with Gasteiger partial charge in [0, 0.05) is 43.6 Å². The number of hydrogen-bond donors (Lipinski definition) is 2. The van der Waals surface area contributed by atoms with Crippen LogP contribution in [0.5, 0.6) is 5.75 Å². The van der Waals surface area contributed by atoms with Crippen LogP contribution in [0.1, 0.15) is 56.1 Å². The fraction of sp³-hybridized carbons (Fsp3) is 0.342. The average molecular weight is 688 g/mol. The quantitative estimate of drug-likeness (QED) is 0.184. The van der Waals surface area contributed by atoms with Crippen molar-refractivity contribution in [3.05, 3.63) is 99.6 Å². The number of ether oxygens (including phenoxy) is 1. The monoisotopic (exact) mass is 687 g/mol. The molecule has 0 aliphatic carbocycles. The fourth-order valence-corrected chi connectivity index (χ4v) is 6.79. The molecule has 2 aliphatic rings. The molecule has 262 valence electrons. The second kappa shape index (κ2) is 14.1. The van der Waals surface area contributed by atoms with E-state index in [9.17, 15) is 27.9 Å². The summed E-state index contributed by atoms with van der Waals surface area (Å²) in [4.78, 5) is 33.2. The molecular formula is C38H40F3N5O4. The van der Waals surface area contributed by atoms with Gasteiger partial charge in [-0.25, -0.2) is 4.98 Å². The van der Waals surface area contributed by atoms with Crippen molar-refractivity contribution in [2.45, 2.75) is 46.1 Å². The van der Waals surface area contributed by atoms with Crippen LogP contribution >= 0.6 is 0 Å². The predicted molar refractivity (Wildman–Crippen MR) is 186 cm³/mol. The Morgan fingerprint density at radius 2 is 1.74 bits per heavy atom. The van der Waals surface area contributed by atoms with Crippen molar-refractivity contribution in [2.24, 2.45) is 5.92 Å². The van der Waals surface area contributed by atoms with Gasteiger partial charge >= 0.3 is 12.1 Å². The lowest BCUT2D eigenvalue weighted by Gasteiger charge is -2.22. The van der Waals surface area contributed by atoms with Gasteiger partial charge in [0.2, 0.25) is 0 Å². The molecule has 1 amide bonds. The summed E-state index contributed by atoms with van der Waals surface area (Å²) in [6.45, 7) is 7.10. The van der Waals surface area contributed by atoms with Crippen LogP contribution in [0.3, 0.4) is 0 Å². The number of benzene rings is 3. The van der Waals surface area contributed by atoms with Gasteiger partial charge in [-0.1, -0.05) is 42.5 Å². The van der Waals surface area contributed by atoms with Crippen LogP contribution in [0.15, 0.2) is 54.7 Å². The zero-order valence-corrected chi connectivity index (χ0v) is 28.5. The Balaban J connectivity index is 1.26. The Labute approximate surface area is 289 Å². The highest BCUT2D eigenvalue weighted by Crippen LogP contribution is 2.38. The number of alkyl halides is 3. The third-order valence-corrected chi connectivity index (χ3v) is 9.69. The summed E-state index contributed by atoms with van der Waals surface area (Å²) in [5, 5.41) is 12.4. The molecule has 1 atom stereocenters. The standard InChI is InChI=1S/C38H40F3N5O4/c1-23-25(11-12-26-18-34(50-4)28(17-31(26)38(39,40)41)20-45-14-13-27(19-45)37(48)49)7-5-8-29(23)30-9-6-10-32(24(30)2)43-36(47)33-21-46-16-15-44(3)22-35(46)42-33/h5-12,17-18,21,27H,13-16,19-20,22H2,1-4H3,(H,43,47)(H,48,49)/b12-11+. The maximum Gasteiger partial charge on any atom is 0.417 e. The number of likely N-dealkylation sites (tertiary alicyclic amines) is 1. The van der Waals surface area contributed by atoms with Crippen molar-refractivity contribution in [1.82, 2.24) is 19.4 Å². The number of fused-ring (bicyclic) bond motifs is 1. The van der Waals surface area contributed by atoms with Gasteiger partial charge in [0.25, 0.3) is 5.91 Å². The second-order valence-electron chi connectivity index (χ2n) is 13.1. The number of aromatic nitrogens is 2. The molecule has 1 fully saturated rings. The number of carbonyl (C=O) groups excluding carboxylic acids is 1. The molecule has 2 N–H and O–H groups in total. The van der Waals surface area contributed by atoms with Crippen molar-refractivity contribution < 1.29 is 32.6 Å².